The lowest BCUT2D eigenvalue weighted by Gasteiger charge is -2.07. The summed E-state index contributed by atoms with van der Waals surface area (Å²) >= 11 is 0. The van der Waals surface area contributed by atoms with Crippen LogP contribution < -0.4 is 5.32 Å². The van der Waals surface area contributed by atoms with Crippen molar-refractivity contribution in [3.05, 3.63) is 46.9 Å². The first-order chi connectivity index (χ1) is 8.97. The fourth-order valence-corrected chi connectivity index (χ4v) is 1.63. The highest BCUT2D eigenvalue weighted by atomic mass is 19.1. The van der Waals surface area contributed by atoms with Crippen LogP contribution in [0.15, 0.2) is 22.6 Å². The molecule has 0 aliphatic heterocycles. The van der Waals surface area contributed by atoms with Crippen LogP contribution in [0.4, 0.5) is 10.1 Å². The second kappa shape index (κ2) is 5.09. The molecule has 0 saturated heterocycles. The Morgan fingerprint density at radius 3 is 2.79 bits per heavy atom. The Bertz CT molecular complexity index is 603. The minimum absolute atomic E-state index is 0.125. The number of nitrogens with one attached hydrogen (secondary N) is 1. The van der Waals surface area contributed by atoms with Crippen LogP contribution in [0.1, 0.15) is 27.7 Å². The Morgan fingerprint density at radius 1 is 1.47 bits per heavy atom. The number of aromatic nitrogens is 1. The van der Waals surface area contributed by atoms with E-state index < -0.39 is 11.8 Å². The zero-order valence-electron chi connectivity index (χ0n) is 10.5. The van der Waals surface area contributed by atoms with Gasteiger partial charge in [0.15, 0.2) is 0 Å². The average molecular weight is 264 g/mol. The van der Waals surface area contributed by atoms with Crippen LogP contribution in [0, 0.1) is 19.7 Å². The molecule has 0 radical (unpaired) electrons. The molecule has 0 aliphatic carbocycles. The number of oxazole rings is 1. The van der Waals surface area contributed by atoms with Crippen LogP contribution in [0.25, 0.3) is 0 Å². The van der Waals surface area contributed by atoms with Crippen LogP contribution in [0.2, 0.25) is 0 Å². The normalized spacial score (nSPS) is 10.5. The Kier molecular flexibility index (Phi) is 3.50. The largest absolute Gasteiger partial charge is 0.478 e. The highest BCUT2D eigenvalue weighted by molar-refractivity contribution is 5.94. The smallest absolute Gasteiger partial charge is 0.337 e. The Hall–Kier alpha value is -2.37. The van der Waals surface area contributed by atoms with E-state index in [2.05, 4.69) is 10.3 Å². The second-order valence-electron chi connectivity index (χ2n) is 4.10. The molecule has 5 nitrogen and oxygen atoms in total. The molecule has 100 valence electrons. The minimum Gasteiger partial charge on any atom is -0.478 e. The van der Waals surface area contributed by atoms with Gasteiger partial charge in [0.25, 0.3) is 0 Å². The maximum atomic E-state index is 13.0. The van der Waals surface area contributed by atoms with E-state index in [9.17, 15) is 9.18 Å². The van der Waals surface area contributed by atoms with E-state index >= 15 is 0 Å². The van der Waals surface area contributed by atoms with Gasteiger partial charge in [0, 0.05) is 5.69 Å². The van der Waals surface area contributed by atoms with Gasteiger partial charge in [0.2, 0.25) is 5.89 Å². The number of hydrogen-bond acceptors (Lipinski definition) is 4. The summed E-state index contributed by atoms with van der Waals surface area (Å²) in [7, 11) is 0. The highest BCUT2D eigenvalue weighted by Crippen LogP contribution is 2.18. The molecule has 2 aromatic rings. The molecule has 0 spiro atoms. The number of nitrogens with zero attached hydrogens (tertiary/aromatic N) is 1. The first-order valence-electron chi connectivity index (χ1n) is 5.67. The third-order valence-electron chi connectivity index (χ3n) is 2.71. The van der Waals surface area contributed by atoms with Gasteiger partial charge >= 0.3 is 5.97 Å². The van der Waals surface area contributed by atoms with E-state index in [0.29, 0.717) is 11.6 Å². The fraction of sp³-hybridized carbons (Fsp3) is 0.231. The first-order valence-corrected chi connectivity index (χ1v) is 5.67. The van der Waals surface area contributed by atoms with Crippen molar-refractivity contribution in [3.63, 3.8) is 0 Å². The van der Waals surface area contributed by atoms with Crippen LogP contribution in [-0.4, -0.2) is 16.1 Å². The van der Waals surface area contributed by atoms with Crippen molar-refractivity contribution in [2.24, 2.45) is 0 Å². The maximum Gasteiger partial charge on any atom is 0.337 e. The molecule has 2 N–H and O–H groups in total. The minimum atomic E-state index is -1.19. The Morgan fingerprint density at radius 2 is 2.21 bits per heavy atom. The van der Waals surface area contributed by atoms with Crippen molar-refractivity contribution in [2.75, 3.05) is 5.32 Å². The lowest BCUT2D eigenvalue weighted by Crippen LogP contribution is -2.07. The number of aryl methyl sites for hydroxylation is 2. The quantitative estimate of drug-likeness (QED) is 0.888. The molecule has 19 heavy (non-hydrogen) atoms. The molecule has 0 fully saturated rings. The van der Waals surface area contributed by atoms with Crippen LogP contribution >= 0.6 is 0 Å². The third-order valence-corrected chi connectivity index (χ3v) is 2.71. The zero-order valence-corrected chi connectivity index (χ0v) is 10.5. The molecule has 0 atom stereocenters. The summed E-state index contributed by atoms with van der Waals surface area (Å²) in [6.45, 7) is 3.86. The van der Waals surface area contributed by atoms with E-state index in [4.69, 9.17) is 9.52 Å². The molecular weight excluding hydrogens is 251 g/mol. The van der Waals surface area contributed by atoms with Gasteiger partial charge in [0.1, 0.15) is 11.6 Å². The summed E-state index contributed by atoms with van der Waals surface area (Å²) in [5.74, 6) is -0.613. The molecule has 1 heterocycles. The van der Waals surface area contributed by atoms with E-state index in [-0.39, 0.29) is 12.1 Å². The topological polar surface area (TPSA) is 75.4 Å². The number of carboxylic acid groups (broad SMARTS) is 1. The molecule has 0 amide bonds. The van der Waals surface area contributed by atoms with Gasteiger partial charge in [-0.2, -0.15) is 0 Å². The van der Waals surface area contributed by atoms with Gasteiger partial charge in [-0.3, -0.25) is 0 Å². The lowest BCUT2D eigenvalue weighted by atomic mass is 10.1. The zero-order chi connectivity index (χ0) is 14.0. The van der Waals surface area contributed by atoms with Gasteiger partial charge in [-0.25, -0.2) is 14.2 Å². The highest BCUT2D eigenvalue weighted by Gasteiger charge is 2.12. The summed E-state index contributed by atoms with van der Waals surface area (Å²) in [5, 5.41) is 11.9. The molecule has 2 rings (SSSR count). The summed E-state index contributed by atoms with van der Waals surface area (Å²) in [5.41, 5.74) is 0.983. The summed E-state index contributed by atoms with van der Waals surface area (Å²) in [6.07, 6.45) is 0. The number of rotatable bonds is 4. The van der Waals surface area contributed by atoms with Crippen molar-refractivity contribution in [2.45, 2.75) is 20.4 Å². The first kappa shape index (κ1) is 13.1. The van der Waals surface area contributed by atoms with Crippen molar-refractivity contribution in [1.29, 1.82) is 0 Å². The van der Waals surface area contributed by atoms with Crippen LogP contribution in [0.5, 0.6) is 0 Å². The number of anilines is 1. The number of benzene rings is 1. The summed E-state index contributed by atoms with van der Waals surface area (Å²) in [6, 6.07) is 3.54. The van der Waals surface area contributed by atoms with Crippen molar-refractivity contribution in [1.82, 2.24) is 4.98 Å². The van der Waals surface area contributed by atoms with Gasteiger partial charge < -0.3 is 14.8 Å². The Balaban J connectivity index is 2.17. The standard InChI is InChI=1S/C13H13FN2O3/c1-7-8(2)19-12(16-7)6-15-11-4-3-9(14)5-10(11)13(17)18/h3-5,15H,6H2,1-2H3,(H,17,18). The van der Waals surface area contributed by atoms with E-state index in [0.717, 1.165) is 17.5 Å². The number of carbonyl (C=O) groups is 1. The van der Waals surface area contributed by atoms with Gasteiger partial charge in [-0.05, 0) is 32.0 Å². The van der Waals surface area contributed by atoms with Crippen LogP contribution in [0.3, 0.4) is 0 Å². The number of halogens is 1. The Labute approximate surface area is 109 Å². The summed E-state index contributed by atoms with van der Waals surface area (Å²) < 4.78 is 18.4. The fourth-order valence-electron chi connectivity index (χ4n) is 1.63. The van der Waals surface area contributed by atoms with E-state index in [1.807, 2.05) is 6.92 Å². The molecule has 0 unspecified atom stereocenters. The predicted octanol–water partition coefficient (Wildman–Crippen LogP) is 2.74. The van der Waals surface area contributed by atoms with Gasteiger partial charge in [0.05, 0.1) is 17.8 Å². The summed E-state index contributed by atoms with van der Waals surface area (Å²) in [4.78, 5) is 15.2. The molecule has 0 bridgehead atoms. The van der Waals surface area contributed by atoms with Gasteiger partial charge in [-0.1, -0.05) is 0 Å². The number of hydrogen-bond donors (Lipinski definition) is 2. The predicted molar refractivity (Wildman–Crippen MR) is 66.7 cm³/mol. The number of carboxylic acids is 1. The third kappa shape index (κ3) is 2.90. The SMILES string of the molecule is Cc1nc(CNc2ccc(F)cc2C(=O)O)oc1C. The van der Waals surface area contributed by atoms with E-state index in [1.165, 1.54) is 12.1 Å². The molecule has 6 heteroatoms. The molecular formula is C13H13FN2O3. The van der Waals surface area contributed by atoms with Crippen molar-refractivity contribution in [3.8, 4) is 0 Å². The average Bonchev–Trinajstić information content (AvgIpc) is 2.67. The molecule has 0 aliphatic rings. The monoisotopic (exact) mass is 264 g/mol. The van der Waals surface area contributed by atoms with Crippen LogP contribution in [-0.2, 0) is 6.54 Å². The van der Waals surface area contributed by atoms with E-state index in [1.54, 1.807) is 6.92 Å². The van der Waals surface area contributed by atoms with Crippen molar-refractivity contribution < 1.29 is 18.7 Å². The molecule has 1 aromatic heterocycles. The molecule has 1 aromatic carbocycles. The molecule has 0 saturated carbocycles. The maximum absolute atomic E-state index is 13.0. The van der Waals surface area contributed by atoms with Crippen molar-refractivity contribution >= 4 is 11.7 Å². The van der Waals surface area contributed by atoms with Gasteiger partial charge in [-0.15, -0.1) is 0 Å². The number of aromatic carboxylic acids is 1. The lowest BCUT2D eigenvalue weighted by molar-refractivity contribution is 0.0697. The second-order valence-corrected chi connectivity index (χ2v) is 4.10.